The molecule has 0 atom stereocenters. The van der Waals surface area contributed by atoms with E-state index in [4.69, 9.17) is 0 Å². The van der Waals surface area contributed by atoms with Gasteiger partial charge in [-0.25, -0.2) is 18.6 Å². The summed E-state index contributed by atoms with van der Waals surface area (Å²) < 4.78 is 26.5. The van der Waals surface area contributed by atoms with Crippen molar-refractivity contribution in [3.05, 3.63) is 41.6 Å². The van der Waals surface area contributed by atoms with Crippen molar-refractivity contribution in [2.24, 2.45) is 0 Å². The van der Waals surface area contributed by atoms with Crippen LogP contribution < -0.4 is 20.4 Å². The fourth-order valence-electron chi connectivity index (χ4n) is 3.60. The van der Waals surface area contributed by atoms with E-state index in [0.29, 0.717) is 11.6 Å². The van der Waals surface area contributed by atoms with Crippen LogP contribution in [0.2, 0.25) is 0 Å². The number of carbonyl (C=O) groups excluding carboxylic acids is 1. The third-order valence-electron chi connectivity index (χ3n) is 5.35. The van der Waals surface area contributed by atoms with Gasteiger partial charge < -0.3 is 15.5 Å². The second-order valence-corrected chi connectivity index (χ2v) is 7.89. The summed E-state index contributed by atoms with van der Waals surface area (Å²) in [6.45, 7) is 1.98. The summed E-state index contributed by atoms with van der Waals surface area (Å²) >= 11 is 0. The number of nitrogens with zero attached hydrogens (tertiary/aromatic N) is 4. The number of hydrogen-bond donors (Lipinski definition) is 2. The van der Waals surface area contributed by atoms with Crippen LogP contribution in [0.15, 0.2) is 24.4 Å². The van der Waals surface area contributed by atoms with E-state index >= 15 is 0 Å². The standard InChI is InChI=1S/C21H28F2N6O/c1-13-12-24-20(27-19(13)28(2)3)25-14-5-7-15(8-6-14)26-21(30)29(4)16-9-10-17(22)18(23)11-16/h9-12,14-15H,5-8H2,1-4H3,(H,26,30)(H,24,25,27)/t14-,15+. The molecule has 2 N–H and O–H groups in total. The second-order valence-electron chi connectivity index (χ2n) is 7.89. The molecule has 0 unspecified atom stereocenters. The molecule has 162 valence electrons. The Bertz CT molecular complexity index is 899. The Kier molecular flexibility index (Phi) is 6.69. The molecular weight excluding hydrogens is 390 g/mol. The van der Waals surface area contributed by atoms with Gasteiger partial charge in [-0.15, -0.1) is 0 Å². The van der Waals surface area contributed by atoms with Gasteiger partial charge in [-0.1, -0.05) is 0 Å². The van der Waals surface area contributed by atoms with Gasteiger partial charge in [0, 0.05) is 56.7 Å². The van der Waals surface area contributed by atoms with E-state index in [-0.39, 0.29) is 18.1 Å². The summed E-state index contributed by atoms with van der Waals surface area (Å²) in [5, 5.41) is 6.36. The van der Waals surface area contributed by atoms with Gasteiger partial charge >= 0.3 is 6.03 Å². The Labute approximate surface area is 175 Å². The first-order valence-corrected chi connectivity index (χ1v) is 10.0. The molecule has 2 aromatic rings. The van der Waals surface area contributed by atoms with Crippen molar-refractivity contribution >= 4 is 23.5 Å². The molecule has 9 heteroatoms. The summed E-state index contributed by atoms with van der Waals surface area (Å²) in [5.74, 6) is -0.424. The van der Waals surface area contributed by atoms with Gasteiger partial charge in [-0.2, -0.15) is 4.98 Å². The number of rotatable bonds is 5. The molecule has 1 fully saturated rings. The van der Waals surface area contributed by atoms with Crippen molar-refractivity contribution in [3.63, 3.8) is 0 Å². The molecule has 0 bridgehead atoms. The largest absolute Gasteiger partial charge is 0.362 e. The number of carbonyl (C=O) groups is 1. The molecule has 1 aromatic carbocycles. The van der Waals surface area contributed by atoms with Crippen LogP contribution in [-0.2, 0) is 0 Å². The molecule has 7 nitrogen and oxygen atoms in total. The minimum absolute atomic E-state index is 0.0274. The highest BCUT2D eigenvalue weighted by atomic mass is 19.2. The zero-order valence-corrected chi connectivity index (χ0v) is 17.7. The van der Waals surface area contributed by atoms with E-state index in [1.54, 1.807) is 0 Å². The zero-order valence-electron chi connectivity index (χ0n) is 17.7. The minimum Gasteiger partial charge on any atom is -0.362 e. The Balaban J connectivity index is 1.51. The average molecular weight is 418 g/mol. The number of halogens is 2. The van der Waals surface area contributed by atoms with Gasteiger partial charge in [0.2, 0.25) is 5.95 Å². The number of anilines is 3. The first kappa shape index (κ1) is 21.7. The molecule has 1 aromatic heterocycles. The summed E-state index contributed by atoms with van der Waals surface area (Å²) in [6.07, 6.45) is 5.16. The maximum atomic E-state index is 13.4. The summed E-state index contributed by atoms with van der Waals surface area (Å²) in [6, 6.07) is 3.33. The highest BCUT2D eigenvalue weighted by Crippen LogP contribution is 2.23. The van der Waals surface area contributed by atoms with E-state index in [0.717, 1.165) is 49.2 Å². The number of benzene rings is 1. The summed E-state index contributed by atoms with van der Waals surface area (Å²) in [4.78, 5) is 24.7. The number of aromatic nitrogens is 2. The Morgan fingerprint density at radius 2 is 1.73 bits per heavy atom. The SMILES string of the molecule is Cc1cnc(N[C@H]2CC[C@@H](NC(=O)N(C)c3ccc(F)c(F)c3)CC2)nc1N(C)C. The van der Waals surface area contributed by atoms with Gasteiger partial charge in [0.25, 0.3) is 0 Å². The number of aryl methyl sites for hydroxylation is 1. The molecule has 30 heavy (non-hydrogen) atoms. The highest BCUT2D eigenvalue weighted by molar-refractivity contribution is 5.91. The molecule has 0 aliphatic heterocycles. The van der Waals surface area contributed by atoms with E-state index in [9.17, 15) is 13.6 Å². The van der Waals surface area contributed by atoms with Crippen LogP contribution >= 0.6 is 0 Å². The Morgan fingerprint density at radius 3 is 2.37 bits per heavy atom. The highest BCUT2D eigenvalue weighted by Gasteiger charge is 2.24. The minimum atomic E-state index is -0.977. The van der Waals surface area contributed by atoms with Crippen LogP contribution in [0, 0.1) is 18.6 Å². The smallest absolute Gasteiger partial charge is 0.321 e. The van der Waals surface area contributed by atoms with Crippen LogP contribution in [0.4, 0.5) is 31.0 Å². The number of amides is 2. The van der Waals surface area contributed by atoms with Crippen molar-refractivity contribution in [2.45, 2.75) is 44.7 Å². The molecule has 2 amide bonds. The van der Waals surface area contributed by atoms with E-state index in [1.807, 2.05) is 32.1 Å². The average Bonchev–Trinajstić information content (AvgIpc) is 2.72. The Hall–Kier alpha value is -2.97. The van der Waals surface area contributed by atoms with Crippen LogP contribution in [0.5, 0.6) is 0 Å². The number of urea groups is 1. The molecule has 1 heterocycles. The van der Waals surface area contributed by atoms with Crippen LogP contribution in [-0.4, -0.2) is 49.2 Å². The lowest BCUT2D eigenvalue weighted by molar-refractivity contribution is 0.238. The first-order valence-electron chi connectivity index (χ1n) is 10.0. The third-order valence-corrected chi connectivity index (χ3v) is 5.35. The maximum Gasteiger partial charge on any atom is 0.321 e. The zero-order chi connectivity index (χ0) is 21.8. The molecule has 0 saturated heterocycles. The molecule has 0 radical (unpaired) electrons. The lowest BCUT2D eigenvalue weighted by Crippen LogP contribution is -2.45. The first-order chi connectivity index (χ1) is 14.2. The molecule has 1 saturated carbocycles. The van der Waals surface area contributed by atoms with Crippen molar-refractivity contribution in [2.75, 3.05) is 36.3 Å². The molecule has 3 rings (SSSR count). The number of nitrogens with one attached hydrogen (secondary N) is 2. The van der Waals surface area contributed by atoms with E-state index in [1.165, 1.54) is 18.0 Å². The monoisotopic (exact) mass is 418 g/mol. The molecule has 0 spiro atoms. The van der Waals surface area contributed by atoms with Crippen molar-refractivity contribution < 1.29 is 13.6 Å². The molecule has 1 aliphatic rings. The fraction of sp³-hybridized carbons (Fsp3) is 0.476. The quantitative estimate of drug-likeness (QED) is 0.775. The van der Waals surface area contributed by atoms with Crippen LogP contribution in [0.25, 0.3) is 0 Å². The topological polar surface area (TPSA) is 73.4 Å². The van der Waals surface area contributed by atoms with Gasteiger partial charge in [0.15, 0.2) is 11.6 Å². The number of hydrogen-bond acceptors (Lipinski definition) is 5. The van der Waals surface area contributed by atoms with Gasteiger partial charge in [-0.3, -0.25) is 4.90 Å². The normalized spacial score (nSPS) is 18.6. The van der Waals surface area contributed by atoms with Crippen molar-refractivity contribution in [1.29, 1.82) is 0 Å². The van der Waals surface area contributed by atoms with Crippen molar-refractivity contribution in [1.82, 2.24) is 15.3 Å². The maximum absolute atomic E-state index is 13.4. The third kappa shape index (κ3) is 5.14. The van der Waals surface area contributed by atoms with Crippen LogP contribution in [0.1, 0.15) is 31.2 Å². The molecule has 1 aliphatic carbocycles. The van der Waals surface area contributed by atoms with Crippen LogP contribution in [0.3, 0.4) is 0 Å². The predicted octanol–water partition coefficient (Wildman–Crippen LogP) is 3.70. The van der Waals surface area contributed by atoms with Gasteiger partial charge in [0.05, 0.1) is 0 Å². The predicted molar refractivity (Wildman–Crippen MR) is 114 cm³/mol. The lowest BCUT2D eigenvalue weighted by Gasteiger charge is -2.31. The van der Waals surface area contributed by atoms with Crippen molar-refractivity contribution in [3.8, 4) is 0 Å². The fourth-order valence-corrected chi connectivity index (χ4v) is 3.60. The van der Waals surface area contributed by atoms with Gasteiger partial charge in [0.1, 0.15) is 5.82 Å². The summed E-state index contributed by atoms with van der Waals surface area (Å²) in [7, 11) is 5.43. The summed E-state index contributed by atoms with van der Waals surface area (Å²) in [5.41, 5.74) is 1.32. The molecular formula is C21H28F2N6O. The second kappa shape index (κ2) is 9.23. The Morgan fingerprint density at radius 1 is 1.07 bits per heavy atom. The van der Waals surface area contributed by atoms with E-state index < -0.39 is 11.6 Å². The van der Waals surface area contributed by atoms with Gasteiger partial charge in [-0.05, 0) is 44.7 Å². The van der Waals surface area contributed by atoms with E-state index in [2.05, 4.69) is 20.6 Å². The lowest BCUT2D eigenvalue weighted by atomic mass is 9.91.